The molecule has 4 rings (SSSR count). The van der Waals surface area contributed by atoms with Crippen LogP contribution in [0, 0.1) is 0 Å². The molecule has 0 atom stereocenters. The molecule has 0 bridgehead atoms. The van der Waals surface area contributed by atoms with Crippen molar-refractivity contribution in [3.8, 4) is 5.75 Å². The molecule has 1 saturated heterocycles. The fourth-order valence-corrected chi connectivity index (χ4v) is 4.52. The van der Waals surface area contributed by atoms with Crippen LogP contribution in [0.2, 0.25) is 0 Å². The van der Waals surface area contributed by atoms with E-state index in [9.17, 15) is 9.59 Å². The molecule has 0 amide bonds. The van der Waals surface area contributed by atoms with Gasteiger partial charge in [0, 0.05) is 29.1 Å². The van der Waals surface area contributed by atoms with E-state index in [1.165, 1.54) is 11.8 Å². The van der Waals surface area contributed by atoms with E-state index in [0.717, 1.165) is 36.6 Å². The molecule has 0 aromatic heterocycles. The summed E-state index contributed by atoms with van der Waals surface area (Å²) in [5, 5.41) is 0. The average molecular weight is 365 g/mol. The zero-order chi connectivity index (χ0) is 18.1. The first-order valence-electron chi connectivity index (χ1n) is 8.68. The Morgan fingerprint density at radius 2 is 1.62 bits per heavy atom. The molecule has 0 unspecified atom stereocenters. The van der Waals surface area contributed by atoms with Gasteiger partial charge < -0.3 is 9.64 Å². The third-order valence-corrected chi connectivity index (χ3v) is 5.81. The molecule has 4 nitrogen and oxygen atoms in total. The van der Waals surface area contributed by atoms with Gasteiger partial charge in [-0.2, -0.15) is 0 Å². The summed E-state index contributed by atoms with van der Waals surface area (Å²) in [7, 11) is 1.62. The number of benzene rings is 2. The predicted octanol–water partition coefficient (Wildman–Crippen LogP) is 4.17. The number of methoxy groups -OCH3 is 1. The third-order valence-electron chi connectivity index (χ3n) is 4.74. The van der Waals surface area contributed by atoms with Gasteiger partial charge in [-0.25, -0.2) is 0 Å². The van der Waals surface area contributed by atoms with Crippen molar-refractivity contribution >= 4 is 23.3 Å². The number of likely N-dealkylation sites (tertiary alicyclic amines) is 1. The molecular formula is C21H19NO3S. The van der Waals surface area contributed by atoms with Gasteiger partial charge in [0.25, 0.3) is 0 Å². The Balaban J connectivity index is 1.81. The van der Waals surface area contributed by atoms with Crippen molar-refractivity contribution in [1.29, 1.82) is 0 Å². The van der Waals surface area contributed by atoms with Crippen LogP contribution in [0.15, 0.2) is 64.0 Å². The highest BCUT2D eigenvalue weighted by Crippen LogP contribution is 2.39. The lowest BCUT2D eigenvalue weighted by Gasteiger charge is -2.27. The van der Waals surface area contributed by atoms with Crippen LogP contribution in [0.4, 0.5) is 0 Å². The van der Waals surface area contributed by atoms with E-state index >= 15 is 0 Å². The van der Waals surface area contributed by atoms with Gasteiger partial charge in [-0.15, -0.1) is 0 Å². The molecule has 1 aliphatic carbocycles. The zero-order valence-electron chi connectivity index (χ0n) is 14.5. The van der Waals surface area contributed by atoms with Crippen LogP contribution in [0.1, 0.15) is 33.6 Å². The molecule has 0 radical (unpaired) electrons. The van der Waals surface area contributed by atoms with Crippen molar-refractivity contribution in [2.24, 2.45) is 0 Å². The van der Waals surface area contributed by atoms with E-state index in [0.29, 0.717) is 21.7 Å². The summed E-state index contributed by atoms with van der Waals surface area (Å²) in [6, 6.07) is 14.7. The van der Waals surface area contributed by atoms with E-state index in [1.54, 1.807) is 25.3 Å². The van der Waals surface area contributed by atoms with Crippen LogP contribution in [0.3, 0.4) is 0 Å². The number of rotatable bonds is 4. The van der Waals surface area contributed by atoms with Gasteiger partial charge in [0.15, 0.2) is 0 Å². The number of allylic oxidation sites excluding steroid dienone is 2. The number of fused-ring (bicyclic) bond motifs is 1. The molecule has 0 saturated carbocycles. The topological polar surface area (TPSA) is 46.6 Å². The third kappa shape index (κ3) is 2.92. The minimum Gasteiger partial charge on any atom is -0.497 e. The number of carbonyl (C=O) groups excluding carboxylic acids is 2. The van der Waals surface area contributed by atoms with E-state index < -0.39 is 0 Å². The predicted molar refractivity (Wildman–Crippen MR) is 102 cm³/mol. The van der Waals surface area contributed by atoms with Crippen molar-refractivity contribution < 1.29 is 14.3 Å². The van der Waals surface area contributed by atoms with Crippen molar-refractivity contribution in [3.63, 3.8) is 0 Å². The number of thioether (sulfide) groups is 1. The minimum absolute atomic E-state index is 0.0486. The highest BCUT2D eigenvalue weighted by Gasteiger charge is 2.36. The van der Waals surface area contributed by atoms with Gasteiger partial charge in [-0.05, 0) is 31.0 Å². The smallest absolute Gasteiger partial charge is 0.211 e. The second kappa shape index (κ2) is 7.00. The molecule has 0 N–H and O–H groups in total. The van der Waals surface area contributed by atoms with E-state index in [1.807, 2.05) is 30.3 Å². The Kier molecular flexibility index (Phi) is 4.55. The SMILES string of the molecule is COc1cccc(SC2=C(N3CCCC3)C(=O)c3ccccc3C2=O)c1. The number of hydrogen-bond donors (Lipinski definition) is 0. The van der Waals surface area contributed by atoms with Crippen molar-refractivity contribution in [1.82, 2.24) is 4.90 Å². The second-order valence-electron chi connectivity index (χ2n) is 6.36. The Labute approximate surface area is 156 Å². The lowest BCUT2D eigenvalue weighted by molar-refractivity contribution is 0.0954. The van der Waals surface area contributed by atoms with Gasteiger partial charge in [0.2, 0.25) is 11.6 Å². The summed E-state index contributed by atoms with van der Waals surface area (Å²) in [5.41, 5.74) is 1.55. The van der Waals surface area contributed by atoms with Crippen molar-refractivity contribution in [2.45, 2.75) is 17.7 Å². The van der Waals surface area contributed by atoms with Crippen LogP contribution >= 0.6 is 11.8 Å². The van der Waals surface area contributed by atoms with Crippen LogP contribution in [0.5, 0.6) is 5.75 Å². The number of ether oxygens (including phenoxy) is 1. The first-order valence-corrected chi connectivity index (χ1v) is 9.50. The summed E-state index contributed by atoms with van der Waals surface area (Å²) in [4.78, 5) is 29.9. The van der Waals surface area contributed by atoms with E-state index in [-0.39, 0.29) is 11.6 Å². The van der Waals surface area contributed by atoms with E-state index in [4.69, 9.17) is 4.74 Å². The van der Waals surface area contributed by atoms with Crippen LogP contribution in [-0.4, -0.2) is 36.7 Å². The number of ketones is 2. The van der Waals surface area contributed by atoms with Crippen LogP contribution < -0.4 is 4.74 Å². The Bertz CT molecular complexity index is 913. The molecule has 1 aliphatic heterocycles. The molecule has 132 valence electrons. The first-order chi connectivity index (χ1) is 12.7. The normalized spacial score (nSPS) is 16.9. The molecular weight excluding hydrogens is 346 g/mol. The molecule has 5 heteroatoms. The van der Waals surface area contributed by atoms with Crippen LogP contribution in [0.25, 0.3) is 0 Å². The van der Waals surface area contributed by atoms with Gasteiger partial charge in [0.1, 0.15) is 11.4 Å². The summed E-state index contributed by atoms with van der Waals surface area (Å²) in [5.74, 6) is 0.607. The summed E-state index contributed by atoms with van der Waals surface area (Å²) in [6.45, 7) is 1.64. The molecule has 2 aromatic carbocycles. The van der Waals surface area contributed by atoms with Gasteiger partial charge in [0.05, 0.1) is 12.0 Å². The number of hydrogen-bond acceptors (Lipinski definition) is 5. The fourth-order valence-electron chi connectivity index (χ4n) is 3.44. The maximum Gasteiger partial charge on any atom is 0.211 e. The molecule has 1 fully saturated rings. The standard InChI is InChI=1S/C21H19NO3S/c1-25-14-7-6-8-15(13-14)26-21-18(22-11-4-5-12-22)19(23)16-9-2-3-10-17(16)20(21)24/h2-3,6-10,13H,4-5,11-12H2,1H3. The molecule has 2 aromatic rings. The highest BCUT2D eigenvalue weighted by atomic mass is 32.2. The first kappa shape index (κ1) is 16.9. The maximum atomic E-state index is 13.2. The minimum atomic E-state index is -0.0741. The molecule has 26 heavy (non-hydrogen) atoms. The lowest BCUT2D eigenvalue weighted by atomic mass is 9.92. The average Bonchev–Trinajstić information content (AvgIpc) is 3.20. The van der Waals surface area contributed by atoms with Crippen molar-refractivity contribution in [2.75, 3.05) is 20.2 Å². The number of nitrogens with zero attached hydrogens (tertiary/aromatic N) is 1. The Hall–Kier alpha value is -2.53. The fraction of sp³-hybridized carbons (Fsp3) is 0.238. The van der Waals surface area contributed by atoms with Crippen molar-refractivity contribution in [3.05, 3.63) is 70.3 Å². The summed E-state index contributed by atoms with van der Waals surface area (Å²) in [6.07, 6.45) is 2.09. The lowest BCUT2D eigenvalue weighted by Crippen LogP contribution is -2.31. The Morgan fingerprint density at radius 1 is 0.923 bits per heavy atom. The highest BCUT2D eigenvalue weighted by molar-refractivity contribution is 8.04. The zero-order valence-corrected chi connectivity index (χ0v) is 15.3. The van der Waals surface area contributed by atoms with E-state index in [2.05, 4.69) is 4.90 Å². The summed E-state index contributed by atoms with van der Waals surface area (Å²) >= 11 is 1.35. The monoisotopic (exact) mass is 365 g/mol. The van der Waals surface area contributed by atoms with Crippen LogP contribution in [-0.2, 0) is 0 Å². The maximum absolute atomic E-state index is 13.2. The molecule has 1 heterocycles. The number of Topliss-reactive ketones (excluding diaryl/α,β-unsaturated/α-hetero) is 2. The molecule has 2 aliphatic rings. The summed E-state index contributed by atoms with van der Waals surface area (Å²) < 4.78 is 5.28. The van der Waals surface area contributed by atoms with Gasteiger partial charge in [-0.1, -0.05) is 42.1 Å². The second-order valence-corrected chi connectivity index (χ2v) is 7.44. The quantitative estimate of drug-likeness (QED) is 0.814. The van der Waals surface area contributed by atoms with Gasteiger partial charge >= 0.3 is 0 Å². The largest absolute Gasteiger partial charge is 0.497 e. The molecule has 0 spiro atoms. The number of carbonyl (C=O) groups is 2. The Morgan fingerprint density at radius 3 is 2.31 bits per heavy atom. The van der Waals surface area contributed by atoms with Gasteiger partial charge in [-0.3, -0.25) is 9.59 Å².